The summed E-state index contributed by atoms with van der Waals surface area (Å²) in [5.74, 6) is 0. The Hall–Kier alpha value is -1.38. The van der Waals surface area contributed by atoms with E-state index in [1.165, 1.54) is 6.08 Å². The van der Waals surface area contributed by atoms with Crippen molar-refractivity contribution in [3.8, 4) is 0 Å². The molecule has 0 radical (unpaired) electrons. The summed E-state index contributed by atoms with van der Waals surface area (Å²) < 4.78 is 1.86. The van der Waals surface area contributed by atoms with E-state index in [1.807, 2.05) is 24.6 Å². The first kappa shape index (κ1) is 8.71. The van der Waals surface area contributed by atoms with E-state index in [9.17, 15) is 4.79 Å². The predicted molar refractivity (Wildman–Crippen MR) is 47.7 cm³/mol. The lowest BCUT2D eigenvalue weighted by Crippen LogP contribution is -2.04. The molecule has 0 N–H and O–H groups in total. The van der Waals surface area contributed by atoms with Gasteiger partial charge in [0.15, 0.2) is 0 Å². The van der Waals surface area contributed by atoms with E-state index >= 15 is 0 Å². The highest BCUT2D eigenvalue weighted by Gasteiger charge is 2.01. The Balaban J connectivity index is 2.91. The summed E-state index contributed by atoms with van der Waals surface area (Å²) in [6.45, 7) is 4.09. The van der Waals surface area contributed by atoms with Crippen LogP contribution < -0.4 is 0 Å². The first-order valence-electron chi connectivity index (χ1n) is 3.91. The van der Waals surface area contributed by atoms with Crippen LogP contribution >= 0.6 is 0 Å². The monoisotopic (exact) mass is 164 g/mol. The van der Waals surface area contributed by atoms with Crippen molar-refractivity contribution in [1.82, 2.24) is 9.78 Å². The average molecular weight is 164 g/mol. The van der Waals surface area contributed by atoms with Crippen LogP contribution in [0.3, 0.4) is 0 Å². The Labute approximate surface area is 71.7 Å². The van der Waals surface area contributed by atoms with Crippen LogP contribution in [-0.2, 0) is 4.79 Å². The minimum atomic E-state index is 0.325. The second-order valence-corrected chi connectivity index (χ2v) is 2.79. The average Bonchev–Trinajstić information content (AvgIpc) is 2.48. The summed E-state index contributed by atoms with van der Waals surface area (Å²) in [7, 11) is 0. The van der Waals surface area contributed by atoms with Crippen molar-refractivity contribution in [3.05, 3.63) is 24.0 Å². The van der Waals surface area contributed by atoms with Gasteiger partial charge in [-0.05, 0) is 32.1 Å². The summed E-state index contributed by atoms with van der Waals surface area (Å²) in [5, 5.41) is 4.12. The van der Waals surface area contributed by atoms with E-state index in [0.29, 0.717) is 6.04 Å². The van der Waals surface area contributed by atoms with Gasteiger partial charge in [0, 0.05) is 12.2 Å². The molecule has 0 bridgehead atoms. The molecule has 0 saturated carbocycles. The minimum absolute atomic E-state index is 0.325. The topological polar surface area (TPSA) is 34.9 Å². The summed E-state index contributed by atoms with van der Waals surface area (Å²) in [4.78, 5) is 10.1. The maximum absolute atomic E-state index is 10.1. The predicted octanol–water partition coefficient (Wildman–Crippen LogP) is 1.68. The van der Waals surface area contributed by atoms with E-state index in [1.54, 1.807) is 12.3 Å². The van der Waals surface area contributed by atoms with Gasteiger partial charge in [0.05, 0.1) is 5.69 Å². The number of aromatic nitrogens is 2. The summed E-state index contributed by atoms with van der Waals surface area (Å²) in [6, 6.07) is 2.20. The molecule has 0 saturated heterocycles. The molecule has 1 aromatic heterocycles. The number of carbonyl (C=O) groups excluding carboxylic acids is 1. The van der Waals surface area contributed by atoms with Crippen LogP contribution in [0.5, 0.6) is 0 Å². The van der Waals surface area contributed by atoms with Gasteiger partial charge in [-0.2, -0.15) is 5.10 Å². The smallest absolute Gasteiger partial charge is 0.142 e. The Morgan fingerprint density at radius 3 is 2.92 bits per heavy atom. The van der Waals surface area contributed by atoms with Gasteiger partial charge in [0.2, 0.25) is 0 Å². The molecule has 0 aromatic carbocycles. The van der Waals surface area contributed by atoms with Crippen LogP contribution in [0.15, 0.2) is 18.3 Å². The van der Waals surface area contributed by atoms with Gasteiger partial charge in [-0.3, -0.25) is 9.48 Å². The van der Waals surface area contributed by atoms with Crippen LogP contribution in [0.1, 0.15) is 25.6 Å². The lowest BCUT2D eigenvalue weighted by Gasteiger charge is -2.07. The van der Waals surface area contributed by atoms with Crippen molar-refractivity contribution in [2.75, 3.05) is 0 Å². The molecule has 1 aromatic rings. The summed E-state index contributed by atoms with van der Waals surface area (Å²) in [6.07, 6.45) is 5.71. The van der Waals surface area contributed by atoms with E-state index in [0.717, 1.165) is 12.0 Å². The molecule has 0 spiro atoms. The third-order valence-electron chi connectivity index (χ3n) is 1.54. The second kappa shape index (κ2) is 3.85. The van der Waals surface area contributed by atoms with E-state index in [2.05, 4.69) is 5.10 Å². The lowest BCUT2D eigenvalue weighted by molar-refractivity contribution is -0.104. The maximum Gasteiger partial charge on any atom is 0.142 e. The molecule has 64 valence electrons. The molecule has 0 atom stereocenters. The number of hydrogen-bond donors (Lipinski definition) is 0. The van der Waals surface area contributed by atoms with Crippen molar-refractivity contribution in [3.63, 3.8) is 0 Å². The minimum Gasteiger partial charge on any atom is -0.299 e. The van der Waals surface area contributed by atoms with Crippen molar-refractivity contribution in [1.29, 1.82) is 0 Å². The Morgan fingerprint density at radius 2 is 2.33 bits per heavy atom. The van der Waals surface area contributed by atoms with Crippen molar-refractivity contribution >= 4 is 12.4 Å². The molecule has 0 aliphatic heterocycles. The first-order chi connectivity index (χ1) is 5.75. The fraction of sp³-hybridized carbons (Fsp3) is 0.333. The molecule has 1 rings (SSSR count). The fourth-order valence-corrected chi connectivity index (χ4v) is 1.03. The van der Waals surface area contributed by atoms with E-state index < -0.39 is 0 Å². The highest BCUT2D eigenvalue weighted by Crippen LogP contribution is 2.08. The largest absolute Gasteiger partial charge is 0.299 e. The van der Waals surface area contributed by atoms with E-state index in [4.69, 9.17) is 0 Å². The van der Waals surface area contributed by atoms with Crippen LogP contribution in [-0.4, -0.2) is 16.1 Å². The zero-order chi connectivity index (χ0) is 8.97. The van der Waals surface area contributed by atoms with E-state index in [-0.39, 0.29) is 0 Å². The first-order valence-corrected chi connectivity index (χ1v) is 3.91. The van der Waals surface area contributed by atoms with Crippen LogP contribution in [0.2, 0.25) is 0 Å². The quantitative estimate of drug-likeness (QED) is 0.503. The maximum atomic E-state index is 10.1. The molecule has 0 fully saturated rings. The fourth-order valence-electron chi connectivity index (χ4n) is 1.03. The summed E-state index contributed by atoms with van der Waals surface area (Å²) >= 11 is 0. The number of nitrogens with zero attached hydrogens (tertiary/aromatic N) is 2. The molecule has 12 heavy (non-hydrogen) atoms. The zero-order valence-corrected chi connectivity index (χ0v) is 7.27. The standard InChI is InChI=1S/C9H12N2O/c1-8(2)11-9(4-3-7-12)5-6-10-11/h3-8H,1-2H3/b4-3+. The Kier molecular flexibility index (Phi) is 2.80. The van der Waals surface area contributed by atoms with Gasteiger partial charge in [0.1, 0.15) is 6.29 Å². The van der Waals surface area contributed by atoms with Crippen LogP contribution in [0, 0.1) is 0 Å². The molecule has 0 unspecified atom stereocenters. The number of rotatable bonds is 3. The molecule has 0 amide bonds. The van der Waals surface area contributed by atoms with Crippen LogP contribution in [0.4, 0.5) is 0 Å². The highest BCUT2D eigenvalue weighted by molar-refractivity contribution is 5.72. The molecule has 0 aliphatic rings. The second-order valence-electron chi connectivity index (χ2n) is 2.79. The Bertz CT molecular complexity index is 286. The van der Waals surface area contributed by atoms with Crippen molar-refractivity contribution < 1.29 is 4.79 Å². The molecule has 3 nitrogen and oxygen atoms in total. The third kappa shape index (κ3) is 1.81. The zero-order valence-electron chi connectivity index (χ0n) is 7.27. The SMILES string of the molecule is CC(C)n1nccc1/C=C/C=O. The molecule has 3 heteroatoms. The van der Waals surface area contributed by atoms with Gasteiger partial charge in [0.25, 0.3) is 0 Å². The molecular formula is C9H12N2O. The molecular weight excluding hydrogens is 152 g/mol. The molecule has 0 aliphatic carbocycles. The number of carbonyl (C=O) groups is 1. The summed E-state index contributed by atoms with van der Waals surface area (Å²) in [5.41, 5.74) is 0.956. The van der Waals surface area contributed by atoms with Crippen molar-refractivity contribution in [2.45, 2.75) is 19.9 Å². The Morgan fingerprint density at radius 1 is 1.58 bits per heavy atom. The molecule has 1 heterocycles. The highest BCUT2D eigenvalue weighted by atomic mass is 16.1. The normalized spacial score (nSPS) is 11.2. The van der Waals surface area contributed by atoms with Gasteiger partial charge in [-0.1, -0.05) is 0 Å². The van der Waals surface area contributed by atoms with Gasteiger partial charge in [-0.25, -0.2) is 0 Å². The number of hydrogen-bond acceptors (Lipinski definition) is 2. The van der Waals surface area contributed by atoms with Crippen LogP contribution in [0.25, 0.3) is 6.08 Å². The lowest BCUT2D eigenvalue weighted by atomic mass is 10.3. The third-order valence-corrected chi connectivity index (χ3v) is 1.54. The number of aldehydes is 1. The van der Waals surface area contributed by atoms with Gasteiger partial charge in [-0.15, -0.1) is 0 Å². The van der Waals surface area contributed by atoms with Crippen molar-refractivity contribution in [2.24, 2.45) is 0 Å². The van der Waals surface area contributed by atoms with Gasteiger partial charge < -0.3 is 0 Å². The number of allylic oxidation sites excluding steroid dienone is 1. The van der Waals surface area contributed by atoms with Gasteiger partial charge >= 0.3 is 0 Å².